The molecule has 0 aliphatic carbocycles. The van der Waals surface area contributed by atoms with E-state index < -0.39 is 0 Å². The molecule has 0 unspecified atom stereocenters. The van der Waals surface area contributed by atoms with E-state index in [2.05, 4.69) is 0 Å². The summed E-state index contributed by atoms with van der Waals surface area (Å²) in [5.41, 5.74) is 0.860. The van der Waals surface area contributed by atoms with E-state index in [4.69, 9.17) is 18.3 Å². The van der Waals surface area contributed by atoms with Crippen LogP contribution in [0.15, 0.2) is 69.9 Å². The number of hydrogen-bond donors (Lipinski definition) is 0. The summed E-state index contributed by atoms with van der Waals surface area (Å²) in [4.78, 5) is 14.4. The minimum absolute atomic E-state index is 0.143. The van der Waals surface area contributed by atoms with Gasteiger partial charge in [-0.05, 0) is 48.0 Å². The molecule has 2 aromatic heterocycles. The first kappa shape index (κ1) is 16.1. The summed E-state index contributed by atoms with van der Waals surface area (Å²) in [5, 5.41) is 0. The number of rotatable bonds is 6. The summed E-state index contributed by atoms with van der Waals surface area (Å²) in [6, 6.07) is 12.8. The van der Waals surface area contributed by atoms with Gasteiger partial charge >= 0.3 is 0 Å². The zero-order valence-corrected chi connectivity index (χ0v) is 14.0. The van der Waals surface area contributed by atoms with Gasteiger partial charge in [-0.25, -0.2) is 0 Å². The molecule has 6 heteroatoms. The van der Waals surface area contributed by atoms with E-state index in [0.29, 0.717) is 36.1 Å². The van der Waals surface area contributed by atoms with Gasteiger partial charge < -0.3 is 23.2 Å². The fourth-order valence-corrected chi connectivity index (χ4v) is 2.68. The number of nitrogens with zero attached hydrogens (tertiary/aromatic N) is 1. The second-order valence-electron chi connectivity index (χ2n) is 5.80. The first-order valence-electron chi connectivity index (χ1n) is 8.19. The van der Waals surface area contributed by atoms with Gasteiger partial charge in [0.2, 0.25) is 12.7 Å². The second kappa shape index (κ2) is 7.23. The fraction of sp³-hybridized carbons (Fsp3) is 0.150. The highest BCUT2D eigenvalue weighted by molar-refractivity contribution is 5.91. The van der Waals surface area contributed by atoms with Crippen LogP contribution in [0.1, 0.15) is 17.1 Å². The molecule has 0 fully saturated rings. The smallest absolute Gasteiger partial charge is 0.247 e. The Kier molecular flexibility index (Phi) is 4.47. The summed E-state index contributed by atoms with van der Waals surface area (Å²) in [5.74, 6) is 2.67. The van der Waals surface area contributed by atoms with E-state index in [0.717, 1.165) is 5.56 Å². The number of ether oxygens (including phenoxy) is 2. The third kappa shape index (κ3) is 3.64. The number of amides is 1. The van der Waals surface area contributed by atoms with E-state index in [1.807, 2.05) is 30.3 Å². The van der Waals surface area contributed by atoms with Crippen molar-refractivity contribution in [2.24, 2.45) is 0 Å². The topological polar surface area (TPSA) is 65.1 Å². The molecule has 132 valence electrons. The highest BCUT2D eigenvalue weighted by atomic mass is 16.7. The van der Waals surface area contributed by atoms with E-state index in [-0.39, 0.29) is 12.7 Å². The third-order valence-corrected chi connectivity index (χ3v) is 3.98. The first-order chi connectivity index (χ1) is 12.8. The number of carbonyl (C=O) groups excluding carboxylic acids is 1. The Morgan fingerprint density at radius 3 is 2.31 bits per heavy atom. The van der Waals surface area contributed by atoms with Gasteiger partial charge in [-0.15, -0.1) is 0 Å². The summed E-state index contributed by atoms with van der Waals surface area (Å²) < 4.78 is 21.4. The maximum atomic E-state index is 12.7. The van der Waals surface area contributed by atoms with E-state index in [9.17, 15) is 4.79 Å². The monoisotopic (exact) mass is 351 g/mol. The van der Waals surface area contributed by atoms with Gasteiger partial charge in [0.25, 0.3) is 0 Å². The minimum Gasteiger partial charge on any atom is -0.467 e. The lowest BCUT2D eigenvalue weighted by Crippen LogP contribution is -2.28. The highest BCUT2D eigenvalue weighted by Crippen LogP contribution is 2.32. The molecule has 3 heterocycles. The van der Waals surface area contributed by atoms with E-state index in [1.54, 1.807) is 35.6 Å². The van der Waals surface area contributed by atoms with Crippen molar-refractivity contribution in [2.75, 3.05) is 6.79 Å². The Morgan fingerprint density at radius 1 is 0.962 bits per heavy atom. The molecule has 0 spiro atoms. The largest absolute Gasteiger partial charge is 0.467 e. The third-order valence-electron chi connectivity index (χ3n) is 3.98. The van der Waals surface area contributed by atoms with Crippen molar-refractivity contribution in [2.45, 2.75) is 13.1 Å². The average Bonchev–Trinajstić information content (AvgIpc) is 3.40. The quantitative estimate of drug-likeness (QED) is 0.631. The fourth-order valence-electron chi connectivity index (χ4n) is 2.68. The van der Waals surface area contributed by atoms with E-state index >= 15 is 0 Å². The Balaban J connectivity index is 1.49. The lowest BCUT2D eigenvalue weighted by atomic mass is 10.2. The van der Waals surface area contributed by atoms with Crippen LogP contribution in [0.25, 0.3) is 6.08 Å². The minimum atomic E-state index is -0.143. The van der Waals surface area contributed by atoms with Gasteiger partial charge in [-0.3, -0.25) is 4.79 Å². The van der Waals surface area contributed by atoms with Crippen LogP contribution in [0.2, 0.25) is 0 Å². The van der Waals surface area contributed by atoms with Crippen molar-refractivity contribution >= 4 is 12.0 Å². The Morgan fingerprint density at radius 2 is 1.65 bits per heavy atom. The van der Waals surface area contributed by atoms with Crippen LogP contribution in [0.4, 0.5) is 0 Å². The molecule has 6 nitrogen and oxygen atoms in total. The lowest BCUT2D eigenvalue weighted by Gasteiger charge is -2.18. The molecule has 1 aliphatic heterocycles. The summed E-state index contributed by atoms with van der Waals surface area (Å²) in [6.07, 6.45) is 6.46. The van der Waals surface area contributed by atoms with Crippen molar-refractivity contribution < 1.29 is 23.1 Å². The van der Waals surface area contributed by atoms with Crippen LogP contribution in [-0.4, -0.2) is 17.6 Å². The number of carbonyl (C=O) groups is 1. The molecule has 3 aromatic rings. The summed E-state index contributed by atoms with van der Waals surface area (Å²) >= 11 is 0. The molecule has 1 amide bonds. The van der Waals surface area contributed by atoms with Crippen molar-refractivity contribution in [3.63, 3.8) is 0 Å². The average molecular weight is 351 g/mol. The van der Waals surface area contributed by atoms with Crippen LogP contribution >= 0.6 is 0 Å². The summed E-state index contributed by atoms with van der Waals surface area (Å²) in [6.45, 7) is 0.942. The normalized spacial score (nSPS) is 12.6. The predicted molar refractivity (Wildman–Crippen MR) is 93.3 cm³/mol. The predicted octanol–water partition coefficient (Wildman–Crippen LogP) is 3.84. The van der Waals surface area contributed by atoms with Gasteiger partial charge in [0.1, 0.15) is 11.5 Å². The van der Waals surface area contributed by atoms with Crippen LogP contribution in [0, 0.1) is 0 Å². The summed E-state index contributed by atoms with van der Waals surface area (Å²) in [7, 11) is 0. The van der Waals surface area contributed by atoms with E-state index in [1.165, 1.54) is 6.08 Å². The molecular weight excluding hydrogens is 334 g/mol. The molecule has 0 atom stereocenters. The standard InChI is InChI=1S/C20H17NO5/c22-20(8-6-15-5-7-18-19(11-15)26-14-25-18)21(12-16-3-1-9-23-16)13-17-4-2-10-24-17/h1-11H,12-14H2/b8-6+. The van der Waals surface area contributed by atoms with Crippen molar-refractivity contribution in [3.05, 3.63) is 78.2 Å². The molecule has 0 radical (unpaired) electrons. The number of furan rings is 2. The van der Waals surface area contributed by atoms with Crippen LogP contribution in [0.5, 0.6) is 11.5 Å². The zero-order valence-electron chi connectivity index (χ0n) is 14.0. The molecule has 4 rings (SSSR count). The van der Waals surface area contributed by atoms with Crippen molar-refractivity contribution in [3.8, 4) is 11.5 Å². The van der Waals surface area contributed by atoms with Gasteiger partial charge in [0, 0.05) is 6.08 Å². The molecule has 1 aliphatic rings. The van der Waals surface area contributed by atoms with Gasteiger partial charge in [-0.2, -0.15) is 0 Å². The molecule has 0 N–H and O–H groups in total. The van der Waals surface area contributed by atoms with Gasteiger partial charge in [-0.1, -0.05) is 6.07 Å². The molecule has 0 saturated carbocycles. The van der Waals surface area contributed by atoms with Crippen molar-refractivity contribution in [1.82, 2.24) is 4.90 Å². The van der Waals surface area contributed by atoms with Gasteiger partial charge in [0.15, 0.2) is 11.5 Å². The Bertz CT molecular complexity index is 860. The maximum absolute atomic E-state index is 12.7. The molecule has 0 bridgehead atoms. The maximum Gasteiger partial charge on any atom is 0.247 e. The highest BCUT2D eigenvalue weighted by Gasteiger charge is 2.16. The number of fused-ring (bicyclic) bond motifs is 1. The van der Waals surface area contributed by atoms with Crippen LogP contribution in [-0.2, 0) is 17.9 Å². The Labute approximate surface area is 150 Å². The number of hydrogen-bond acceptors (Lipinski definition) is 5. The zero-order chi connectivity index (χ0) is 17.8. The van der Waals surface area contributed by atoms with Crippen LogP contribution in [0.3, 0.4) is 0 Å². The second-order valence-corrected chi connectivity index (χ2v) is 5.80. The molecule has 26 heavy (non-hydrogen) atoms. The number of benzene rings is 1. The van der Waals surface area contributed by atoms with Gasteiger partial charge in [0.05, 0.1) is 25.6 Å². The molecular formula is C20H17NO5. The molecule has 0 saturated heterocycles. The first-order valence-corrected chi connectivity index (χ1v) is 8.19. The van der Waals surface area contributed by atoms with Crippen LogP contribution < -0.4 is 9.47 Å². The molecule has 1 aromatic carbocycles. The SMILES string of the molecule is O=C(/C=C/c1ccc2c(c1)OCO2)N(Cc1ccco1)Cc1ccco1. The lowest BCUT2D eigenvalue weighted by molar-refractivity contribution is -0.127. The Hall–Kier alpha value is -3.41. The van der Waals surface area contributed by atoms with Crippen molar-refractivity contribution in [1.29, 1.82) is 0 Å².